The summed E-state index contributed by atoms with van der Waals surface area (Å²) in [5.74, 6) is 1.27. The number of carboxylic acid groups (broad SMARTS) is 1. The highest BCUT2D eigenvalue weighted by atomic mass is 16.5. The molecule has 0 amide bonds. The fourth-order valence-electron chi connectivity index (χ4n) is 3.54. The first-order chi connectivity index (χ1) is 12.6. The lowest BCUT2D eigenvalue weighted by atomic mass is 9.84. The Balaban J connectivity index is 1.60. The second kappa shape index (κ2) is 6.71. The number of benzene rings is 3. The lowest BCUT2D eigenvalue weighted by Gasteiger charge is -2.22. The van der Waals surface area contributed by atoms with Crippen LogP contribution in [-0.2, 0) is 17.6 Å². The van der Waals surface area contributed by atoms with Gasteiger partial charge in [0, 0.05) is 0 Å². The number of methoxy groups -OCH3 is 1. The van der Waals surface area contributed by atoms with Gasteiger partial charge in [-0.25, -0.2) is 0 Å². The summed E-state index contributed by atoms with van der Waals surface area (Å²) in [7, 11) is 1.65. The molecule has 0 bridgehead atoms. The van der Waals surface area contributed by atoms with E-state index in [4.69, 9.17) is 9.47 Å². The molecule has 26 heavy (non-hydrogen) atoms. The normalized spacial score (nSPS) is 16.1. The molecular formula is C22H20O4. The predicted octanol–water partition coefficient (Wildman–Crippen LogP) is 4.83. The molecule has 1 N–H and O–H groups in total. The first-order valence-corrected chi connectivity index (χ1v) is 8.72. The third kappa shape index (κ3) is 3.23. The topological polar surface area (TPSA) is 55.8 Å². The number of rotatable bonds is 4. The van der Waals surface area contributed by atoms with Gasteiger partial charge in [0.1, 0.15) is 17.2 Å². The largest absolute Gasteiger partial charge is 0.497 e. The van der Waals surface area contributed by atoms with E-state index in [1.165, 1.54) is 5.56 Å². The van der Waals surface area contributed by atoms with Crippen LogP contribution in [0.25, 0.3) is 10.8 Å². The molecule has 132 valence electrons. The maximum Gasteiger partial charge on any atom is 0.306 e. The summed E-state index contributed by atoms with van der Waals surface area (Å²) in [6.45, 7) is 0. The molecule has 1 unspecified atom stereocenters. The molecule has 0 spiro atoms. The zero-order valence-corrected chi connectivity index (χ0v) is 14.6. The Bertz CT molecular complexity index is 977. The molecule has 1 aliphatic carbocycles. The highest BCUT2D eigenvalue weighted by Crippen LogP contribution is 2.32. The van der Waals surface area contributed by atoms with Gasteiger partial charge in [-0.3, -0.25) is 4.79 Å². The van der Waals surface area contributed by atoms with Gasteiger partial charge >= 0.3 is 5.97 Å². The number of carboxylic acids is 1. The summed E-state index contributed by atoms with van der Waals surface area (Å²) in [6, 6.07) is 17.8. The van der Waals surface area contributed by atoms with Gasteiger partial charge in [-0.05, 0) is 77.6 Å². The Labute approximate surface area is 152 Å². The van der Waals surface area contributed by atoms with E-state index in [0.29, 0.717) is 12.8 Å². The molecule has 1 aliphatic rings. The molecule has 4 rings (SSSR count). The van der Waals surface area contributed by atoms with Crippen LogP contribution in [0.2, 0.25) is 0 Å². The van der Waals surface area contributed by atoms with Gasteiger partial charge in [0.2, 0.25) is 0 Å². The minimum Gasteiger partial charge on any atom is -0.497 e. The highest BCUT2D eigenvalue weighted by molar-refractivity contribution is 5.85. The first-order valence-electron chi connectivity index (χ1n) is 8.72. The summed E-state index contributed by atoms with van der Waals surface area (Å²) in [6.07, 6.45) is 2.08. The van der Waals surface area contributed by atoms with E-state index < -0.39 is 5.97 Å². The Kier molecular flexibility index (Phi) is 4.25. The molecule has 0 fully saturated rings. The van der Waals surface area contributed by atoms with E-state index in [2.05, 4.69) is 0 Å². The van der Waals surface area contributed by atoms with Crippen LogP contribution < -0.4 is 9.47 Å². The van der Waals surface area contributed by atoms with Crippen molar-refractivity contribution in [3.63, 3.8) is 0 Å². The van der Waals surface area contributed by atoms with Crippen molar-refractivity contribution in [3.05, 3.63) is 65.7 Å². The number of fused-ring (bicyclic) bond motifs is 2. The second-order valence-corrected chi connectivity index (χ2v) is 6.69. The Morgan fingerprint density at radius 1 is 0.923 bits per heavy atom. The molecule has 0 saturated heterocycles. The maximum absolute atomic E-state index is 11.3. The number of carbonyl (C=O) groups is 1. The van der Waals surface area contributed by atoms with Crippen LogP contribution in [0.5, 0.6) is 17.2 Å². The standard InChI is InChI=1S/C22H20O4/c1-25-19-7-4-15-6-9-21(13-18(15)11-19)26-20-8-5-14-2-3-16(22(23)24)10-17(14)12-20/h4-9,11-13,16H,2-3,10H2,1H3,(H,23,24). The van der Waals surface area contributed by atoms with Gasteiger partial charge in [0.25, 0.3) is 0 Å². The first kappa shape index (κ1) is 16.5. The van der Waals surface area contributed by atoms with Gasteiger partial charge < -0.3 is 14.6 Å². The molecule has 0 aromatic heterocycles. The Hall–Kier alpha value is -3.01. The van der Waals surface area contributed by atoms with Crippen LogP contribution in [0.4, 0.5) is 0 Å². The molecule has 0 radical (unpaired) electrons. The third-order valence-corrected chi connectivity index (χ3v) is 5.01. The molecule has 3 aromatic carbocycles. The van der Waals surface area contributed by atoms with E-state index in [-0.39, 0.29) is 5.92 Å². The monoisotopic (exact) mass is 348 g/mol. The van der Waals surface area contributed by atoms with Crippen molar-refractivity contribution in [1.29, 1.82) is 0 Å². The van der Waals surface area contributed by atoms with Crippen LogP contribution in [0.3, 0.4) is 0 Å². The van der Waals surface area contributed by atoms with Gasteiger partial charge in [-0.1, -0.05) is 18.2 Å². The van der Waals surface area contributed by atoms with Crippen LogP contribution >= 0.6 is 0 Å². The molecule has 3 aromatic rings. The molecule has 0 aliphatic heterocycles. The smallest absolute Gasteiger partial charge is 0.306 e. The Morgan fingerprint density at radius 2 is 1.62 bits per heavy atom. The zero-order chi connectivity index (χ0) is 18.1. The van der Waals surface area contributed by atoms with Gasteiger partial charge in [0.15, 0.2) is 0 Å². The van der Waals surface area contributed by atoms with E-state index >= 15 is 0 Å². The van der Waals surface area contributed by atoms with Gasteiger partial charge in [0.05, 0.1) is 13.0 Å². The van der Waals surface area contributed by atoms with Crippen molar-refractivity contribution in [2.24, 2.45) is 5.92 Å². The minimum atomic E-state index is -0.717. The van der Waals surface area contributed by atoms with Crippen molar-refractivity contribution in [2.75, 3.05) is 7.11 Å². The van der Waals surface area contributed by atoms with E-state index in [9.17, 15) is 9.90 Å². The molecular weight excluding hydrogens is 328 g/mol. The number of hydrogen-bond acceptors (Lipinski definition) is 3. The highest BCUT2D eigenvalue weighted by Gasteiger charge is 2.24. The molecule has 4 heteroatoms. The predicted molar refractivity (Wildman–Crippen MR) is 100 cm³/mol. The third-order valence-electron chi connectivity index (χ3n) is 5.01. The Morgan fingerprint density at radius 3 is 2.38 bits per heavy atom. The fraction of sp³-hybridized carbons (Fsp3) is 0.227. The number of ether oxygens (including phenoxy) is 2. The summed E-state index contributed by atoms with van der Waals surface area (Å²) < 4.78 is 11.3. The number of hydrogen-bond donors (Lipinski definition) is 1. The summed E-state index contributed by atoms with van der Waals surface area (Å²) in [5.41, 5.74) is 2.29. The van der Waals surface area contributed by atoms with E-state index in [1.807, 2.05) is 54.6 Å². The van der Waals surface area contributed by atoms with Crippen LogP contribution in [-0.4, -0.2) is 18.2 Å². The quantitative estimate of drug-likeness (QED) is 0.734. The van der Waals surface area contributed by atoms with Crippen molar-refractivity contribution < 1.29 is 19.4 Å². The summed E-state index contributed by atoms with van der Waals surface area (Å²) in [5, 5.41) is 11.4. The summed E-state index contributed by atoms with van der Waals surface area (Å²) >= 11 is 0. The molecule has 1 atom stereocenters. The van der Waals surface area contributed by atoms with Crippen LogP contribution in [0, 0.1) is 5.92 Å². The number of aryl methyl sites for hydroxylation is 1. The van der Waals surface area contributed by atoms with Crippen LogP contribution in [0.1, 0.15) is 17.5 Å². The van der Waals surface area contributed by atoms with Gasteiger partial charge in [-0.15, -0.1) is 0 Å². The van der Waals surface area contributed by atoms with Crippen molar-refractivity contribution in [3.8, 4) is 17.2 Å². The molecule has 4 nitrogen and oxygen atoms in total. The zero-order valence-electron chi connectivity index (χ0n) is 14.6. The fourth-order valence-corrected chi connectivity index (χ4v) is 3.54. The average molecular weight is 348 g/mol. The van der Waals surface area contributed by atoms with Crippen molar-refractivity contribution in [2.45, 2.75) is 19.3 Å². The lowest BCUT2D eigenvalue weighted by molar-refractivity contribution is -0.142. The second-order valence-electron chi connectivity index (χ2n) is 6.69. The molecule has 0 heterocycles. The SMILES string of the molecule is COc1ccc2ccc(Oc3ccc4c(c3)CC(C(=O)O)CC4)cc2c1. The molecule has 0 saturated carbocycles. The minimum absolute atomic E-state index is 0.300. The summed E-state index contributed by atoms with van der Waals surface area (Å²) in [4.78, 5) is 11.3. The lowest BCUT2D eigenvalue weighted by Crippen LogP contribution is -2.22. The van der Waals surface area contributed by atoms with E-state index in [1.54, 1.807) is 7.11 Å². The van der Waals surface area contributed by atoms with E-state index in [0.717, 1.165) is 40.0 Å². The van der Waals surface area contributed by atoms with Crippen LogP contribution in [0.15, 0.2) is 54.6 Å². The maximum atomic E-state index is 11.3. The average Bonchev–Trinajstić information content (AvgIpc) is 2.66. The number of aliphatic carboxylic acids is 1. The van der Waals surface area contributed by atoms with Crippen molar-refractivity contribution >= 4 is 16.7 Å². The van der Waals surface area contributed by atoms with Crippen molar-refractivity contribution in [1.82, 2.24) is 0 Å². The van der Waals surface area contributed by atoms with Gasteiger partial charge in [-0.2, -0.15) is 0 Å².